The van der Waals surface area contributed by atoms with E-state index in [1.165, 1.54) is 32.8 Å². The predicted octanol–water partition coefficient (Wildman–Crippen LogP) is 1.66. The van der Waals surface area contributed by atoms with E-state index in [1.807, 2.05) is 17.9 Å². The molecular formula is C14H19N5O2. The summed E-state index contributed by atoms with van der Waals surface area (Å²) < 4.78 is 8.32. The monoisotopic (exact) mass is 289 g/mol. The summed E-state index contributed by atoms with van der Waals surface area (Å²) in [6, 6.07) is 0. The van der Waals surface area contributed by atoms with Gasteiger partial charge in [0.1, 0.15) is 5.69 Å². The van der Waals surface area contributed by atoms with Crippen LogP contribution in [0.3, 0.4) is 0 Å². The van der Waals surface area contributed by atoms with Gasteiger partial charge in [0, 0.05) is 25.4 Å². The molecule has 0 aliphatic heterocycles. The van der Waals surface area contributed by atoms with Crippen LogP contribution in [0.2, 0.25) is 0 Å². The van der Waals surface area contributed by atoms with Gasteiger partial charge in [-0.3, -0.25) is 4.68 Å². The number of ether oxygens (including phenoxy) is 1. The molecule has 7 nitrogen and oxygen atoms in total. The lowest BCUT2D eigenvalue weighted by Crippen LogP contribution is -2.11. The van der Waals surface area contributed by atoms with Crippen LogP contribution in [0.4, 0.5) is 0 Å². The van der Waals surface area contributed by atoms with Crippen molar-refractivity contribution < 1.29 is 9.53 Å². The molecule has 0 spiro atoms. The zero-order chi connectivity index (χ0) is 14.8. The Morgan fingerprint density at radius 2 is 2.19 bits per heavy atom. The molecule has 1 fully saturated rings. The molecule has 0 radical (unpaired) electrons. The lowest BCUT2D eigenvalue weighted by Gasteiger charge is -2.11. The molecule has 0 unspecified atom stereocenters. The first-order valence-electron chi connectivity index (χ1n) is 7.20. The molecule has 2 heterocycles. The molecule has 112 valence electrons. The average Bonchev–Trinajstić information content (AvgIpc) is 3.19. The maximum atomic E-state index is 11.9. The number of hydrogen-bond donors (Lipinski definition) is 0. The molecule has 0 N–H and O–H groups in total. The Bertz CT molecular complexity index is 640. The lowest BCUT2D eigenvalue weighted by molar-refractivity contribution is 0.0595. The third kappa shape index (κ3) is 2.68. The van der Waals surface area contributed by atoms with Crippen LogP contribution < -0.4 is 0 Å². The molecule has 21 heavy (non-hydrogen) atoms. The van der Waals surface area contributed by atoms with Gasteiger partial charge in [-0.2, -0.15) is 5.10 Å². The van der Waals surface area contributed by atoms with Gasteiger partial charge in [-0.25, -0.2) is 9.48 Å². The highest BCUT2D eigenvalue weighted by atomic mass is 16.5. The first kappa shape index (κ1) is 13.8. The van der Waals surface area contributed by atoms with E-state index in [1.54, 1.807) is 10.9 Å². The summed E-state index contributed by atoms with van der Waals surface area (Å²) in [5.74, 6) is 0.138. The molecule has 3 rings (SSSR count). The van der Waals surface area contributed by atoms with Crippen LogP contribution in [0, 0.1) is 5.92 Å². The summed E-state index contributed by atoms with van der Waals surface area (Å²) >= 11 is 0. The highest BCUT2D eigenvalue weighted by Gasteiger charge is 2.25. The molecule has 2 aromatic heterocycles. The molecule has 0 amide bonds. The summed E-state index contributed by atoms with van der Waals surface area (Å²) in [6.45, 7) is 0.786. The second-order valence-electron chi connectivity index (χ2n) is 5.51. The van der Waals surface area contributed by atoms with Gasteiger partial charge in [0.2, 0.25) is 0 Å². The quantitative estimate of drug-likeness (QED) is 0.800. The molecule has 1 aliphatic rings. The van der Waals surface area contributed by atoms with Crippen LogP contribution in [-0.4, -0.2) is 37.9 Å². The first-order valence-corrected chi connectivity index (χ1v) is 7.20. The second kappa shape index (κ2) is 5.67. The number of methoxy groups -OCH3 is 1. The second-order valence-corrected chi connectivity index (χ2v) is 5.51. The number of hydrogen-bond acceptors (Lipinski definition) is 5. The van der Waals surface area contributed by atoms with Gasteiger partial charge in [-0.05, 0) is 18.8 Å². The van der Waals surface area contributed by atoms with E-state index in [9.17, 15) is 4.79 Å². The van der Waals surface area contributed by atoms with Crippen molar-refractivity contribution in [2.24, 2.45) is 13.0 Å². The highest BCUT2D eigenvalue weighted by Crippen LogP contribution is 2.29. The van der Waals surface area contributed by atoms with E-state index in [-0.39, 0.29) is 5.69 Å². The normalized spacial score (nSPS) is 15.5. The van der Waals surface area contributed by atoms with Gasteiger partial charge in [0.05, 0.1) is 13.3 Å². The topological polar surface area (TPSA) is 74.8 Å². The number of aromatic nitrogens is 5. The number of aryl methyl sites for hydroxylation is 1. The van der Waals surface area contributed by atoms with Crippen molar-refractivity contribution in [2.45, 2.75) is 32.2 Å². The van der Waals surface area contributed by atoms with E-state index in [0.717, 1.165) is 12.1 Å². The van der Waals surface area contributed by atoms with Crippen molar-refractivity contribution in [1.29, 1.82) is 0 Å². The Morgan fingerprint density at radius 1 is 1.43 bits per heavy atom. The summed E-state index contributed by atoms with van der Waals surface area (Å²) in [6.07, 6.45) is 8.53. The third-order valence-electron chi connectivity index (χ3n) is 4.00. The Balaban J connectivity index is 1.99. The highest BCUT2D eigenvalue weighted by molar-refractivity contribution is 5.93. The average molecular weight is 289 g/mol. The minimum Gasteiger partial charge on any atom is -0.464 e. The summed E-state index contributed by atoms with van der Waals surface area (Å²) in [7, 11) is 3.19. The standard InChI is InChI=1S/C14H19N5O2/c1-18-9-11(7-15-18)13-12(14(20)21-2)16-17-19(13)8-10-5-3-4-6-10/h7,9-10H,3-6,8H2,1-2H3. The van der Waals surface area contributed by atoms with Gasteiger partial charge in [0.15, 0.2) is 5.69 Å². The van der Waals surface area contributed by atoms with Gasteiger partial charge in [-0.1, -0.05) is 18.1 Å². The number of esters is 1. The van der Waals surface area contributed by atoms with Crippen molar-refractivity contribution >= 4 is 5.97 Å². The van der Waals surface area contributed by atoms with Gasteiger partial charge in [-0.15, -0.1) is 5.10 Å². The van der Waals surface area contributed by atoms with Crippen LogP contribution in [0.15, 0.2) is 12.4 Å². The van der Waals surface area contributed by atoms with Crippen molar-refractivity contribution in [3.05, 3.63) is 18.1 Å². The molecule has 2 aromatic rings. The van der Waals surface area contributed by atoms with Crippen LogP contribution in [0.5, 0.6) is 0 Å². The van der Waals surface area contributed by atoms with Gasteiger partial charge in [0.25, 0.3) is 0 Å². The summed E-state index contributed by atoms with van der Waals surface area (Å²) in [5, 5.41) is 12.3. The molecule has 7 heteroatoms. The molecule has 0 saturated heterocycles. The zero-order valence-corrected chi connectivity index (χ0v) is 12.3. The fourth-order valence-electron chi connectivity index (χ4n) is 2.94. The van der Waals surface area contributed by atoms with Crippen molar-refractivity contribution in [3.8, 4) is 11.3 Å². The number of carbonyl (C=O) groups excluding carboxylic acids is 1. The molecule has 0 bridgehead atoms. The third-order valence-corrected chi connectivity index (χ3v) is 4.00. The molecule has 0 aromatic carbocycles. The van der Waals surface area contributed by atoms with E-state index >= 15 is 0 Å². The zero-order valence-electron chi connectivity index (χ0n) is 12.3. The predicted molar refractivity (Wildman–Crippen MR) is 75.5 cm³/mol. The van der Waals surface area contributed by atoms with Crippen LogP contribution in [0.25, 0.3) is 11.3 Å². The molecule has 0 atom stereocenters. The summed E-state index contributed by atoms with van der Waals surface area (Å²) in [5.41, 5.74) is 1.78. The van der Waals surface area contributed by atoms with Crippen molar-refractivity contribution in [2.75, 3.05) is 7.11 Å². The molecular weight excluding hydrogens is 270 g/mol. The fourth-order valence-corrected chi connectivity index (χ4v) is 2.94. The largest absolute Gasteiger partial charge is 0.464 e. The minimum atomic E-state index is -0.466. The first-order chi connectivity index (χ1) is 10.2. The smallest absolute Gasteiger partial charge is 0.360 e. The molecule has 1 saturated carbocycles. The Hall–Kier alpha value is -2.18. The van der Waals surface area contributed by atoms with E-state index in [4.69, 9.17) is 4.74 Å². The maximum Gasteiger partial charge on any atom is 0.360 e. The lowest BCUT2D eigenvalue weighted by atomic mass is 10.1. The van der Waals surface area contributed by atoms with Crippen LogP contribution in [-0.2, 0) is 18.3 Å². The Morgan fingerprint density at radius 3 is 2.81 bits per heavy atom. The Kier molecular flexibility index (Phi) is 3.72. The number of nitrogens with zero attached hydrogens (tertiary/aromatic N) is 5. The fraction of sp³-hybridized carbons (Fsp3) is 0.571. The van der Waals surface area contributed by atoms with Crippen LogP contribution in [0.1, 0.15) is 36.2 Å². The van der Waals surface area contributed by atoms with Gasteiger partial charge < -0.3 is 4.74 Å². The van der Waals surface area contributed by atoms with E-state index < -0.39 is 5.97 Å². The molecule has 1 aliphatic carbocycles. The maximum absolute atomic E-state index is 11.9. The van der Waals surface area contributed by atoms with Crippen molar-refractivity contribution in [3.63, 3.8) is 0 Å². The SMILES string of the molecule is COC(=O)c1nnn(CC2CCCC2)c1-c1cnn(C)c1. The van der Waals surface area contributed by atoms with E-state index in [0.29, 0.717) is 11.6 Å². The summed E-state index contributed by atoms with van der Waals surface area (Å²) in [4.78, 5) is 11.9. The minimum absolute atomic E-state index is 0.253. The van der Waals surface area contributed by atoms with Crippen molar-refractivity contribution in [1.82, 2.24) is 24.8 Å². The van der Waals surface area contributed by atoms with Gasteiger partial charge >= 0.3 is 5.97 Å². The van der Waals surface area contributed by atoms with E-state index in [2.05, 4.69) is 15.4 Å². The Labute approximate surface area is 122 Å². The number of carbonyl (C=O) groups is 1. The number of rotatable bonds is 4. The van der Waals surface area contributed by atoms with Crippen LogP contribution >= 0.6 is 0 Å².